The van der Waals surface area contributed by atoms with Crippen LogP contribution in [0, 0.1) is 5.41 Å². The normalized spacial score (nSPS) is 15.2. The molecular weight excluding hydrogens is 795 g/mol. The Labute approximate surface area is 381 Å². The third kappa shape index (κ3) is 9.24. The van der Waals surface area contributed by atoms with Crippen molar-refractivity contribution in [2.45, 2.75) is 16.7 Å². The summed E-state index contributed by atoms with van der Waals surface area (Å²) in [5, 5.41) is 9.48. The average molecular weight is 842 g/mol. The molecule has 8 aromatic carbocycles. The molecule has 1 aliphatic rings. The summed E-state index contributed by atoms with van der Waals surface area (Å²) in [5.74, 6) is 1.36. The molecule has 2 unspecified atom stereocenters. The first-order valence-corrected chi connectivity index (χ1v) is 22.6. The Bertz CT molecular complexity index is 2990. The topological polar surface area (TPSA) is 48.6 Å². The van der Waals surface area contributed by atoms with Crippen molar-refractivity contribution in [3.63, 3.8) is 0 Å². The van der Waals surface area contributed by atoms with Crippen molar-refractivity contribution < 1.29 is 0 Å². The van der Waals surface area contributed by atoms with Gasteiger partial charge in [-0.1, -0.05) is 237 Å². The smallest absolute Gasteiger partial charge is 0.161 e. The van der Waals surface area contributed by atoms with E-state index < -0.39 is 0 Å². The molecule has 1 N–H and O–H groups in total. The first kappa shape index (κ1) is 41.7. The molecule has 64 heavy (non-hydrogen) atoms. The molecule has 0 heterocycles. The zero-order chi connectivity index (χ0) is 43.5. The van der Waals surface area contributed by atoms with Gasteiger partial charge in [0.05, 0.1) is 0 Å². The Morgan fingerprint density at radius 2 is 1.09 bits per heavy atom. The van der Waals surface area contributed by atoms with Crippen LogP contribution in [0.2, 0.25) is 0 Å². The van der Waals surface area contributed by atoms with Crippen LogP contribution in [0.3, 0.4) is 0 Å². The van der Waals surface area contributed by atoms with Gasteiger partial charge >= 0.3 is 0 Å². The predicted molar refractivity (Wildman–Crippen MR) is 273 cm³/mol. The maximum Gasteiger partial charge on any atom is 0.161 e. The van der Waals surface area contributed by atoms with E-state index in [0.717, 1.165) is 38.3 Å². The highest BCUT2D eigenvalue weighted by Gasteiger charge is 2.35. The Morgan fingerprint density at radius 1 is 0.547 bits per heavy atom. The van der Waals surface area contributed by atoms with Crippen LogP contribution in [0.15, 0.2) is 252 Å². The number of allylic oxidation sites excluding steroid dienone is 4. The first-order valence-electron chi connectivity index (χ1n) is 21.6. The second-order valence-corrected chi connectivity index (χ2v) is 16.6. The SMILES string of the molecule is C=Cc1ccccc1SC/C=N/C(=N\C(=N)c1ccc(C2=C(c3ccccc3)C(c3ccccc3)C(c3ccccc3)C=C2c2ccccc2)cc1)c1ccccc1-c1ccccc1. The summed E-state index contributed by atoms with van der Waals surface area (Å²) in [7, 11) is 0. The summed E-state index contributed by atoms with van der Waals surface area (Å²) in [6, 6.07) is 78.5. The molecule has 308 valence electrons. The molecular formula is C60H47N3S. The minimum atomic E-state index is 0.0320. The average Bonchev–Trinajstić information content (AvgIpc) is 3.38. The van der Waals surface area contributed by atoms with Crippen LogP contribution in [-0.4, -0.2) is 23.6 Å². The van der Waals surface area contributed by atoms with E-state index in [9.17, 15) is 5.41 Å². The molecule has 0 saturated heterocycles. The quantitative estimate of drug-likeness (QED) is 0.0743. The molecule has 0 radical (unpaired) electrons. The van der Waals surface area contributed by atoms with Gasteiger partial charge in [0.15, 0.2) is 11.7 Å². The molecule has 0 aromatic heterocycles. The van der Waals surface area contributed by atoms with E-state index in [0.29, 0.717) is 17.2 Å². The van der Waals surface area contributed by atoms with Crippen LogP contribution in [0.1, 0.15) is 56.3 Å². The molecule has 0 saturated carbocycles. The maximum absolute atomic E-state index is 9.48. The van der Waals surface area contributed by atoms with Crippen LogP contribution in [-0.2, 0) is 0 Å². The van der Waals surface area contributed by atoms with E-state index >= 15 is 0 Å². The summed E-state index contributed by atoms with van der Waals surface area (Å²) in [6.07, 6.45) is 6.25. The second-order valence-electron chi connectivity index (χ2n) is 15.6. The van der Waals surface area contributed by atoms with Gasteiger partial charge in [0.2, 0.25) is 0 Å². The summed E-state index contributed by atoms with van der Waals surface area (Å²) in [6.45, 7) is 3.99. The maximum atomic E-state index is 9.48. The van der Waals surface area contributed by atoms with E-state index in [-0.39, 0.29) is 17.7 Å². The third-order valence-electron chi connectivity index (χ3n) is 11.7. The van der Waals surface area contributed by atoms with Gasteiger partial charge in [0.1, 0.15) is 0 Å². The molecule has 8 aromatic rings. The van der Waals surface area contributed by atoms with Crippen molar-refractivity contribution in [1.82, 2.24) is 0 Å². The van der Waals surface area contributed by atoms with Gasteiger partial charge in [-0.15, -0.1) is 11.8 Å². The number of amidine groups is 2. The lowest BCUT2D eigenvalue weighted by atomic mass is 9.66. The first-order chi connectivity index (χ1) is 31.7. The minimum absolute atomic E-state index is 0.0320. The van der Waals surface area contributed by atoms with Gasteiger partial charge in [-0.3, -0.25) is 5.41 Å². The van der Waals surface area contributed by atoms with Crippen molar-refractivity contribution >= 4 is 52.4 Å². The van der Waals surface area contributed by atoms with Crippen LogP contribution < -0.4 is 0 Å². The number of hydrogen-bond donors (Lipinski definition) is 1. The number of hydrogen-bond acceptors (Lipinski definition) is 2. The highest BCUT2D eigenvalue weighted by molar-refractivity contribution is 8.00. The van der Waals surface area contributed by atoms with Crippen molar-refractivity contribution in [1.29, 1.82) is 5.41 Å². The zero-order valence-corrected chi connectivity index (χ0v) is 36.3. The number of benzene rings is 8. The van der Waals surface area contributed by atoms with Gasteiger partial charge in [0.25, 0.3) is 0 Å². The second kappa shape index (κ2) is 20.0. The van der Waals surface area contributed by atoms with Crippen LogP contribution in [0.4, 0.5) is 0 Å². The van der Waals surface area contributed by atoms with E-state index in [1.807, 2.05) is 73.0 Å². The molecule has 0 bridgehead atoms. The molecule has 0 amide bonds. The number of nitrogens with one attached hydrogen (secondary N) is 1. The van der Waals surface area contributed by atoms with Crippen molar-refractivity contribution in [3.8, 4) is 11.1 Å². The molecule has 9 rings (SSSR count). The van der Waals surface area contributed by atoms with Gasteiger partial charge in [-0.05, 0) is 67.3 Å². The van der Waals surface area contributed by atoms with Crippen molar-refractivity contribution in [2.24, 2.45) is 9.98 Å². The molecule has 0 aliphatic heterocycles. The highest BCUT2D eigenvalue weighted by Crippen LogP contribution is 2.54. The standard InChI is InChI=1S/C60H47N3S/c1-2-43-22-18-21-35-55(43)64-41-40-62-60(52-34-20-19-33-51(52)44-23-8-3-9-24-44)63-59(61)50-38-36-49(37-39-50)57-54(46-27-12-5-13-28-46)42-53(45-25-10-4-11-26-45)56(47-29-14-6-15-30-47)58(57)48-31-16-7-17-32-48/h2-40,42,53,56,61H,1,41H2/b61-59?,62-40+,63-60-. The van der Waals surface area contributed by atoms with E-state index in [2.05, 4.69) is 176 Å². The molecule has 4 heteroatoms. The fourth-order valence-electron chi connectivity index (χ4n) is 8.65. The largest absolute Gasteiger partial charge is 0.282 e. The Kier molecular flexibility index (Phi) is 13.0. The lowest BCUT2D eigenvalue weighted by Crippen LogP contribution is -2.18. The van der Waals surface area contributed by atoms with Crippen molar-refractivity contribution in [3.05, 3.63) is 282 Å². The fraction of sp³-hybridized carbons (Fsp3) is 0.0500. The predicted octanol–water partition coefficient (Wildman–Crippen LogP) is 15.2. The van der Waals surface area contributed by atoms with E-state index in [1.54, 1.807) is 11.8 Å². The van der Waals surface area contributed by atoms with Gasteiger partial charge in [0, 0.05) is 39.8 Å². The van der Waals surface area contributed by atoms with E-state index in [1.165, 1.54) is 33.4 Å². The minimum Gasteiger partial charge on any atom is -0.282 e. The number of nitrogens with zero attached hydrogens (tertiary/aromatic N) is 2. The van der Waals surface area contributed by atoms with Gasteiger partial charge < -0.3 is 0 Å². The summed E-state index contributed by atoms with van der Waals surface area (Å²) < 4.78 is 0. The highest BCUT2D eigenvalue weighted by atomic mass is 32.2. The zero-order valence-electron chi connectivity index (χ0n) is 35.5. The summed E-state index contributed by atoms with van der Waals surface area (Å²) in [4.78, 5) is 11.1. The Balaban J connectivity index is 1.15. The lowest BCUT2D eigenvalue weighted by Gasteiger charge is -2.36. The van der Waals surface area contributed by atoms with E-state index in [4.69, 9.17) is 9.98 Å². The summed E-state index contributed by atoms with van der Waals surface area (Å²) in [5.41, 5.74) is 14.3. The Morgan fingerprint density at radius 3 is 1.75 bits per heavy atom. The van der Waals surface area contributed by atoms with Crippen LogP contribution in [0.5, 0.6) is 0 Å². The summed E-state index contributed by atoms with van der Waals surface area (Å²) >= 11 is 1.70. The Hall–Kier alpha value is -7.66. The molecule has 0 spiro atoms. The van der Waals surface area contributed by atoms with Crippen LogP contribution >= 0.6 is 11.8 Å². The number of rotatable bonds is 12. The molecule has 0 fully saturated rings. The molecule has 2 atom stereocenters. The number of aliphatic imine (C=N–C) groups is 2. The fourth-order valence-corrected chi connectivity index (χ4v) is 9.47. The molecule has 3 nitrogen and oxygen atoms in total. The van der Waals surface area contributed by atoms with Crippen molar-refractivity contribution in [2.75, 3.05) is 5.75 Å². The van der Waals surface area contributed by atoms with Gasteiger partial charge in [-0.25, -0.2) is 9.98 Å². The third-order valence-corrected chi connectivity index (χ3v) is 12.6. The monoisotopic (exact) mass is 841 g/mol. The van der Waals surface area contributed by atoms with Crippen LogP contribution in [0.25, 0.3) is 33.9 Å². The molecule has 1 aliphatic carbocycles. The number of thioether (sulfide) groups is 1. The van der Waals surface area contributed by atoms with Gasteiger partial charge in [-0.2, -0.15) is 0 Å². The lowest BCUT2D eigenvalue weighted by molar-refractivity contribution is 0.750.